The Morgan fingerprint density at radius 2 is 2.12 bits per heavy atom. The number of ether oxygens (including phenoxy) is 1. The fraction of sp³-hybridized carbons (Fsp3) is 0.182. The first-order chi connectivity index (χ1) is 7.77. The molecule has 5 heteroatoms. The fourth-order valence-electron chi connectivity index (χ4n) is 1.25. The quantitative estimate of drug-likeness (QED) is 0.843. The van der Waals surface area contributed by atoms with Crippen molar-refractivity contribution in [3.63, 3.8) is 0 Å². The molecule has 82 valence electrons. The smallest absolute Gasteiger partial charge is 0.237 e. The van der Waals surface area contributed by atoms with Gasteiger partial charge in [0, 0.05) is 18.6 Å². The Bertz CT molecular complexity index is 461. The maximum absolute atomic E-state index is 5.72. The maximum atomic E-state index is 5.72. The highest BCUT2D eigenvalue weighted by Crippen LogP contribution is 2.22. The lowest BCUT2D eigenvalue weighted by molar-refractivity contribution is 0.213. The lowest BCUT2D eigenvalue weighted by atomic mass is 10.3. The van der Waals surface area contributed by atoms with Crippen molar-refractivity contribution in [3.05, 3.63) is 42.6 Å². The first kappa shape index (κ1) is 10.4. The summed E-state index contributed by atoms with van der Waals surface area (Å²) in [6, 6.07) is 3.50. The minimum absolute atomic E-state index is 0.231. The van der Waals surface area contributed by atoms with Crippen LogP contribution in [0.3, 0.4) is 0 Å². The van der Waals surface area contributed by atoms with E-state index in [1.54, 1.807) is 36.9 Å². The number of pyridine rings is 1. The van der Waals surface area contributed by atoms with Gasteiger partial charge in [-0.05, 0) is 19.1 Å². The highest BCUT2D eigenvalue weighted by Gasteiger charge is 2.10. The van der Waals surface area contributed by atoms with E-state index in [1.165, 1.54) is 0 Å². The van der Waals surface area contributed by atoms with Crippen molar-refractivity contribution < 1.29 is 4.74 Å². The van der Waals surface area contributed by atoms with Gasteiger partial charge in [-0.25, -0.2) is 4.98 Å². The van der Waals surface area contributed by atoms with E-state index in [0.29, 0.717) is 11.6 Å². The van der Waals surface area contributed by atoms with Crippen molar-refractivity contribution in [2.24, 2.45) is 0 Å². The van der Waals surface area contributed by atoms with Gasteiger partial charge in [-0.3, -0.25) is 9.97 Å². The molecule has 2 N–H and O–H groups in total. The lowest BCUT2D eigenvalue weighted by Gasteiger charge is -2.13. The van der Waals surface area contributed by atoms with Gasteiger partial charge in [0.2, 0.25) is 5.88 Å². The van der Waals surface area contributed by atoms with Gasteiger partial charge >= 0.3 is 0 Å². The van der Waals surface area contributed by atoms with Crippen LogP contribution in [0, 0.1) is 0 Å². The second-order valence-corrected chi connectivity index (χ2v) is 3.29. The molecule has 5 nitrogen and oxygen atoms in total. The molecule has 0 saturated carbocycles. The van der Waals surface area contributed by atoms with Crippen molar-refractivity contribution in [1.29, 1.82) is 0 Å². The van der Waals surface area contributed by atoms with Crippen LogP contribution in [0.15, 0.2) is 36.9 Å². The molecule has 0 aliphatic carbocycles. The molecule has 0 aromatic carbocycles. The normalized spacial score (nSPS) is 12.1. The monoisotopic (exact) mass is 216 g/mol. The number of nitrogen functional groups attached to an aromatic ring is 1. The van der Waals surface area contributed by atoms with Gasteiger partial charge in [0.1, 0.15) is 6.10 Å². The number of nitrogens with zero attached hydrogens (tertiary/aromatic N) is 3. The van der Waals surface area contributed by atoms with Crippen LogP contribution in [0.4, 0.5) is 5.69 Å². The summed E-state index contributed by atoms with van der Waals surface area (Å²) in [6.07, 6.45) is 6.30. The van der Waals surface area contributed by atoms with Gasteiger partial charge in [-0.2, -0.15) is 0 Å². The van der Waals surface area contributed by atoms with E-state index in [-0.39, 0.29) is 6.10 Å². The molecule has 0 fully saturated rings. The highest BCUT2D eigenvalue weighted by atomic mass is 16.5. The third-order valence-corrected chi connectivity index (χ3v) is 2.09. The molecule has 0 bridgehead atoms. The Morgan fingerprint density at radius 1 is 1.25 bits per heavy atom. The summed E-state index contributed by atoms with van der Waals surface area (Å²) in [7, 11) is 0. The van der Waals surface area contributed by atoms with Crippen LogP contribution in [0.2, 0.25) is 0 Å². The van der Waals surface area contributed by atoms with Crippen molar-refractivity contribution in [3.8, 4) is 5.88 Å². The van der Waals surface area contributed by atoms with Gasteiger partial charge < -0.3 is 10.5 Å². The van der Waals surface area contributed by atoms with E-state index in [4.69, 9.17) is 10.5 Å². The molecular weight excluding hydrogens is 204 g/mol. The highest BCUT2D eigenvalue weighted by molar-refractivity contribution is 5.47. The summed E-state index contributed by atoms with van der Waals surface area (Å²) in [5.74, 6) is 0.417. The van der Waals surface area contributed by atoms with Gasteiger partial charge in [-0.1, -0.05) is 0 Å². The molecule has 2 rings (SSSR count). The summed E-state index contributed by atoms with van der Waals surface area (Å²) in [6.45, 7) is 1.87. The third-order valence-electron chi connectivity index (χ3n) is 2.09. The zero-order valence-corrected chi connectivity index (χ0v) is 8.87. The zero-order valence-electron chi connectivity index (χ0n) is 8.87. The number of anilines is 1. The number of aromatic nitrogens is 3. The Kier molecular flexibility index (Phi) is 2.95. The molecule has 2 aromatic heterocycles. The van der Waals surface area contributed by atoms with Crippen LogP contribution >= 0.6 is 0 Å². The molecule has 2 heterocycles. The van der Waals surface area contributed by atoms with Crippen LogP contribution < -0.4 is 10.5 Å². The van der Waals surface area contributed by atoms with Crippen molar-refractivity contribution in [2.75, 3.05) is 5.73 Å². The molecule has 1 unspecified atom stereocenters. The average Bonchev–Trinajstić information content (AvgIpc) is 2.33. The molecule has 0 spiro atoms. The molecular formula is C11H12N4O. The minimum atomic E-state index is -0.231. The van der Waals surface area contributed by atoms with Crippen LogP contribution in [0.25, 0.3) is 0 Å². The van der Waals surface area contributed by atoms with Gasteiger partial charge in [0.05, 0.1) is 17.6 Å². The largest absolute Gasteiger partial charge is 0.467 e. The van der Waals surface area contributed by atoms with E-state index >= 15 is 0 Å². The summed E-state index contributed by atoms with van der Waals surface area (Å²) in [4.78, 5) is 12.2. The topological polar surface area (TPSA) is 73.9 Å². The predicted octanol–water partition coefficient (Wildman–Crippen LogP) is 1.59. The van der Waals surface area contributed by atoms with E-state index in [0.717, 1.165) is 5.69 Å². The number of hydrogen-bond acceptors (Lipinski definition) is 5. The Morgan fingerprint density at radius 3 is 2.81 bits per heavy atom. The van der Waals surface area contributed by atoms with Crippen molar-refractivity contribution in [2.45, 2.75) is 13.0 Å². The van der Waals surface area contributed by atoms with Crippen LogP contribution in [0.5, 0.6) is 5.88 Å². The SMILES string of the molecule is CC(Oc1ncccc1N)c1cnccn1. The molecule has 2 aromatic rings. The van der Waals surface area contributed by atoms with Gasteiger partial charge in [0.15, 0.2) is 0 Å². The minimum Gasteiger partial charge on any atom is -0.467 e. The molecule has 0 aliphatic rings. The average molecular weight is 216 g/mol. The van der Waals surface area contributed by atoms with Crippen LogP contribution in [-0.2, 0) is 0 Å². The summed E-state index contributed by atoms with van der Waals surface area (Å²) in [5, 5.41) is 0. The van der Waals surface area contributed by atoms with Crippen LogP contribution in [-0.4, -0.2) is 15.0 Å². The van der Waals surface area contributed by atoms with E-state index in [9.17, 15) is 0 Å². The predicted molar refractivity (Wildman–Crippen MR) is 59.7 cm³/mol. The van der Waals surface area contributed by atoms with E-state index < -0.39 is 0 Å². The zero-order chi connectivity index (χ0) is 11.4. The van der Waals surface area contributed by atoms with E-state index in [1.807, 2.05) is 6.92 Å². The Hall–Kier alpha value is -2.17. The molecule has 0 amide bonds. The Balaban J connectivity index is 2.14. The van der Waals surface area contributed by atoms with Crippen molar-refractivity contribution >= 4 is 5.69 Å². The number of nitrogens with two attached hydrogens (primary N) is 1. The molecule has 16 heavy (non-hydrogen) atoms. The fourth-order valence-corrected chi connectivity index (χ4v) is 1.25. The van der Waals surface area contributed by atoms with Crippen LogP contribution in [0.1, 0.15) is 18.7 Å². The molecule has 0 radical (unpaired) electrons. The summed E-state index contributed by atoms with van der Waals surface area (Å²) < 4.78 is 5.59. The first-order valence-electron chi connectivity index (χ1n) is 4.90. The maximum Gasteiger partial charge on any atom is 0.237 e. The van der Waals surface area contributed by atoms with Crippen molar-refractivity contribution in [1.82, 2.24) is 15.0 Å². The van der Waals surface area contributed by atoms with Gasteiger partial charge in [-0.15, -0.1) is 0 Å². The second-order valence-electron chi connectivity index (χ2n) is 3.29. The lowest BCUT2D eigenvalue weighted by Crippen LogP contribution is -2.08. The van der Waals surface area contributed by atoms with E-state index in [2.05, 4.69) is 15.0 Å². The number of hydrogen-bond donors (Lipinski definition) is 1. The summed E-state index contributed by atoms with van der Waals surface area (Å²) in [5.41, 5.74) is 6.98. The first-order valence-corrected chi connectivity index (χ1v) is 4.90. The molecule has 0 aliphatic heterocycles. The standard InChI is InChI=1S/C11H12N4O/c1-8(10-7-13-5-6-14-10)16-11-9(12)3-2-4-15-11/h2-8H,12H2,1H3. The molecule has 0 saturated heterocycles. The second kappa shape index (κ2) is 4.57. The molecule has 1 atom stereocenters. The van der Waals surface area contributed by atoms with Gasteiger partial charge in [0.25, 0.3) is 0 Å². The third kappa shape index (κ3) is 2.25. The summed E-state index contributed by atoms with van der Waals surface area (Å²) >= 11 is 0. The Labute approximate surface area is 93.3 Å². The number of rotatable bonds is 3.